The number of nitrogens with two attached hydrogens (primary N) is 1. The molecule has 8 heteroatoms. The van der Waals surface area contributed by atoms with Gasteiger partial charge >= 0.3 is 12.1 Å². The lowest BCUT2D eigenvalue weighted by atomic mass is 9.99. The van der Waals surface area contributed by atoms with E-state index in [0.29, 0.717) is 25.2 Å². The van der Waals surface area contributed by atoms with Crippen LogP contribution in [0.5, 0.6) is 0 Å². The third-order valence-corrected chi connectivity index (χ3v) is 3.08. The van der Waals surface area contributed by atoms with Crippen molar-refractivity contribution < 1.29 is 27.9 Å². The number of carboxylic acids is 1. The van der Waals surface area contributed by atoms with Gasteiger partial charge in [0.1, 0.15) is 0 Å². The number of nitrogen functional groups attached to an aromatic ring is 1. The van der Waals surface area contributed by atoms with Crippen LogP contribution in [0.1, 0.15) is 32.7 Å². The number of alkyl halides is 3. The molecule has 0 spiro atoms. The van der Waals surface area contributed by atoms with Crippen molar-refractivity contribution in [1.82, 2.24) is 4.90 Å². The van der Waals surface area contributed by atoms with Crippen molar-refractivity contribution in [3.05, 3.63) is 28.8 Å². The number of hydrogen-bond donors (Lipinski definition) is 2. The molecule has 0 atom stereocenters. The number of likely N-dealkylation sites (tertiary alicyclic amines) is 1. The molecular weight excluding hydrogens is 277 g/mol. The van der Waals surface area contributed by atoms with E-state index in [1.54, 1.807) is 0 Å². The van der Waals surface area contributed by atoms with Gasteiger partial charge in [-0.3, -0.25) is 4.79 Å². The van der Waals surface area contributed by atoms with Crippen LogP contribution in [-0.2, 0) is 6.18 Å². The third kappa shape index (κ3) is 2.40. The van der Waals surface area contributed by atoms with Crippen LogP contribution in [0.25, 0.3) is 0 Å². The Kier molecular flexibility index (Phi) is 3.33. The summed E-state index contributed by atoms with van der Waals surface area (Å²) < 4.78 is 37.9. The van der Waals surface area contributed by atoms with Gasteiger partial charge in [-0.25, -0.2) is 4.79 Å². The van der Waals surface area contributed by atoms with Crippen LogP contribution in [0.15, 0.2) is 12.1 Å². The number of amides is 1. The van der Waals surface area contributed by atoms with Gasteiger partial charge in [0.05, 0.1) is 16.7 Å². The highest BCUT2D eigenvalue weighted by atomic mass is 19.4. The summed E-state index contributed by atoms with van der Waals surface area (Å²) in [7, 11) is 0. The topological polar surface area (TPSA) is 83.6 Å². The van der Waals surface area contributed by atoms with E-state index in [4.69, 9.17) is 10.8 Å². The molecule has 1 amide bonds. The minimum Gasteiger partial charge on any atom is -0.478 e. The smallest absolute Gasteiger partial charge is 0.416 e. The fraction of sp³-hybridized carbons (Fsp3) is 0.333. The minimum absolute atomic E-state index is 0.384. The molecule has 108 valence electrons. The van der Waals surface area contributed by atoms with Crippen LogP contribution < -0.4 is 5.73 Å². The Labute approximate surface area is 111 Å². The van der Waals surface area contributed by atoms with E-state index in [1.807, 2.05) is 0 Å². The first-order chi connectivity index (χ1) is 9.21. The summed E-state index contributed by atoms with van der Waals surface area (Å²) in [5, 5.41) is 9.01. The predicted molar refractivity (Wildman–Crippen MR) is 63.3 cm³/mol. The number of anilines is 1. The van der Waals surface area contributed by atoms with Gasteiger partial charge in [-0.1, -0.05) is 0 Å². The van der Waals surface area contributed by atoms with E-state index < -0.39 is 34.9 Å². The maximum Gasteiger partial charge on any atom is 0.416 e. The van der Waals surface area contributed by atoms with Gasteiger partial charge < -0.3 is 15.7 Å². The van der Waals surface area contributed by atoms with Crippen molar-refractivity contribution in [2.24, 2.45) is 0 Å². The number of carbonyl (C=O) groups is 2. The zero-order valence-corrected chi connectivity index (χ0v) is 10.2. The highest BCUT2D eigenvalue weighted by Crippen LogP contribution is 2.34. The molecule has 1 heterocycles. The molecule has 1 aromatic carbocycles. The van der Waals surface area contributed by atoms with Gasteiger partial charge in [0.25, 0.3) is 5.91 Å². The van der Waals surface area contributed by atoms with Crippen LogP contribution >= 0.6 is 0 Å². The first-order valence-corrected chi connectivity index (χ1v) is 5.75. The molecule has 3 N–H and O–H groups in total. The maximum atomic E-state index is 12.6. The summed E-state index contributed by atoms with van der Waals surface area (Å²) >= 11 is 0. The van der Waals surface area contributed by atoms with Gasteiger partial charge in [-0.05, 0) is 18.6 Å². The standard InChI is InChI=1S/C12H11F3N2O3/c13-12(14,15)6-4-7(11(19)20)9(8(16)5-6)10(18)17-2-1-3-17/h4-5H,1-3,16H2,(H,19,20). The van der Waals surface area contributed by atoms with Gasteiger partial charge in [0, 0.05) is 18.8 Å². The average Bonchev–Trinajstić information content (AvgIpc) is 2.23. The Morgan fingerprint density at radius 1 is 1.25 bits per heavy atom. The van der Waals surface area contributed by atoms with Crippen LogP contribution in [0.2, 0.25) is 0 Å². The highest BCUT2D eigenvalue weighted by molar-refractivity contribution is 6.08. The monoisotopic (exact) mass is 288 g/mol. The Hall–Kier alpha value is -2.25. The summed E-state index contributed by atoms with van der Waals surface area (Å²) in [6.07, 6.45) is -3.95. The molecule has 0 aromatic heterocycles. The summed E-state index contributed by atoms with van der Waals surface area (Å²) in [5.41, 5.74) is 2.69. The number of halogens is 3. The van der Waals surface area contributed by atoms with Crippen molar-refractivity contribution in [2.75, 3.05) is 18.8 Å². The second kappa shape index (κ2) is 4.69. The van der Waals surface area contributed by atoms with Crippen molar-refractivity contribution in [2.45, 2.75) is 12.6 Å². The third-order valence-electron chi connectivity index (χ3n) is 3.08. The first kappa shape index (κ1) is 14.2. The Balaban J connectivity index is 2.56. The van der Waals surface area contributed by atoms with Crippen molar-refractivity contribution in [1.29, 1.82) is 0 Å². The van der Waals surface area contributed by atoms with Crippen LogP contribution in [-0.4, -0.2) is 35.0 Å². The van der Waals surface area contributed by atoms with Crippen molar-refractivity contribution in [3.63, 3.8) is 0 Å². The summed E-state index contributed by atoms with van der Waals surface area (Å²) in [6, 6.07) is 1.02. The Morgan fingerprint density at radius 2 is 1.85 bits per heavy atom. The summed E-state index contributed by atoms with van der Waals surface area (Å²) in [4.78, 5) is 24.5. The molecule has 1 aliphatic rings. The van der Waals surface area contributed by atoms with Gasteiger partial charge in [-0.2, -0.15) is 13.2 Å². The molecule has 0 saturated carbocycles. The van der Waals surface area contributed by atoms with E-state index in [2.05, 4.69) is 0 Å². The van der Waals surface area contributed by atoms with Crippen LogP contribution in [0.3, 0.4) is 0 Å². The number of benzene rings is 1. The predicted octanol–water partition coefficient (Wildman–Crippen LogP) is 1.83. The second-order valence-corrected chi connectivity index (χ2v) is 4.44. The second-order valence-electron chi connectivity index (χ2n) is 4.44. The van der Waals surface area contributed by atoms with E-state index in [-0.39, 0.29) is 5.56 Å². The number of hydrogen-bond acceptors (Lipinski definition) is 3. The van der Waals surface area contributed by atoms with Crippen molar-refractivity contribution >= 4 is 17.6 Å². The molecule has 1 aliphatic heterocycles. The fourth-order valence-corrected chi connectivity index (χ4v) is 1.91. The van der Waals surface area contributed by atoms with Gasteiger partial charge in [0.15, 0.2) is 0 Å². The molecule has 1 aromatic rings. The summed E-state index contributed by atoms with van der Waals surface area (Å²) in [6.45, 7) is 0.886. The number of aromatic carboxylic acids is 1. The number of rotatable bonds is 2. The molecule has 5 nitrogen and oxygen atoms in total. The van der Waals surface area contributed by atoms with Crippen LogP contribution in [0.4, 0.5) is 18.9 Å². The molecular formula is C12H11F3N2O3. The number of carboxylic acid groups (broad SMARTS) is 1. The van der Waals surface area contributed by atoms with E-state index >= 15 is 0 Å². The van der Waals surface area contributed by atoms with Crippen molar-refractivity contribution in [3.8, 4) is 0 Å². The van der Waals surface area contributed by atoms with Gasteiger partial charge in [0.2, 0.25) is 0 Å². The lowest BCUT2D eigenvalue weighted by molar-refractivity contribution is -0.137. The first-order valence-electron chi connectivity index (χ1n) is 5.75. The van der Waals surface area contributed by atoms with E-state index in [9.17, 15) is 22.8 Å². The molecule has 0 radical (unpaired) electrons. The number of nitrogens with zero attached hydrogens (tertiary/aromatic N) is 1. The Morgan fingerprint density at radius 3 is 2.25 bits per heavy atom. The van der Waals surface area contributed by atoms with Gasteiger partial charge in [-0.15, -0.1) is 0 Å². The van der Waals surface area contributed by atoms with Crippen LogP contribution in [0, 0.1) is 0 Å². The summed E-state index contributed by atoms with van der Waals surface area (Å²) in [5.74, 6) is -2.27. The lowest BCUT2D eigenvalue weighted by Gasteiger charge is -2.31. The largest absolute Gasteiger partial charge is 0.478 e. The molecule has 0 bridgehead atoms. The SMILES string of the molecule is Nc1cc(C(F)(F)F)cc(C(=O)O)c1C(=O)N1CCC1. The molecule has 20 heavy (non-hydrogen) atoms. The molecule has 0 aliphatic carbocycles. The highest BCUT2D eigenvalue weighted by Gasteiger charge is 2.35. The average molecular weight is 288 g/mol. The lowest BCUT2D eigenvalue weighted by Crippen LogP contribution is -2.43. The van der Waals surface area contributed by atoms with E-state index in [0.717, 1.165) is 6.42 Å². The quantitative estimate of drug-likeness (QED) is 0.813. The molecule has 2 rings (SSSR count). The maximum absolute atomic E-state index is 12.6. The van der Waals surface area contributed by atoms with E-state index in [1.165, 1.54) is 4.90 Å². The minimum atomic E-state index is -4.73. The molecule has 1 fully saturated rings. The molecule has 1 saturated heterocycles. The number of carbonyl (C=O) groups excluding carboxylic acids is 1. The zero-order valence-electron chi connectivity index (χ0n) is 10.2. The normalized spacial score (nSPS) is 14.8. The zero-order chi connectivity index (χ0) is 15.1. The fourth-order valence-electron chi connectivity index (χ4n) is 1.91. The Bertz CT molecular complexity index is 580. The molecule has 0 unspecified atom stereocenters.